The van der Waals surface area contributed by atoms with Crippen molar-refractivity contribution in [3.8, 4) is 0 Å². The lowest BCUT2D eigenvalue weighted by Gasteiger charge is -2.37. The Morgan fingerprint density at radius 2 is 1.67 bits per heavy atom. The highest BCUT2D eigenvalue weighted by atomic mass is 19.4. The zero-order chi connectivity index (χ0) is 9.62. The van der Waals surface area contributed by atoms with Crippen LogP contribution in [0.1, 0.15) is 26.7 Å². The summed E-state index contributed by atoms with van der Waals surface area (Å²) in [4.78, 5) is 0. The molecule has 1 nitrogen and oxygen atoms in total. The van der Waals surface area contributed by atoms with E-state index in [1.54, 1.807) is 6.92 Å². The molecule has 0 aliphatic heterocycles. The Balaban J connectivity index is 2.90. The topological polar surface area (TPSA) is 12.0 Å². The summed E-state index contributed by atoms with van der Waals surface area (Å²) in [6, 6.07) is 0. The number of nitrogens with one attached hydrogen (secondary N) is 1. The first-order valence-corrected chi connectivity index (χ1v) is 4.02. The van der Waals surface area contributed by atoms with Crippen LogP contribution in [0.25, 0.3) is 0 Å². The Labute approximate surface area is 70.3 Å². The van der Waals surface area contributed by atoms with Crippen LogP contribution in [0.5, 0.6) is 0 Å². The fraction of sp³-hybridized carbons (Fsp3) is 1.00. The smallest absolute Gasteiger partial charge is 0.306 e. The minimum absolute atomic E-state index is 0.597. The number of halogens is 3. The van der Waals surface area contributed by atoms with Gasteiger partial charge in [0, 0.05) is 0 Å². The molecular weight excluding hydrogens is 167 g/mol. The van der Waals surface area contributed by atoms with E-state index in [1.807, 2.05) is 0 Å². The first kappa shape index (κ1) is 9.84. The van der Waals surface area contributed by atoms with Gasteiger partial charge in [-0.25, -0.2) is 0 Å². The Hall–Kier alpha value is -0.250. The maximum atomic E-state index is 12.6. The summed E-state index contributed by atoms with van der Waals surface area (Å²) >= 11 is 0. The number of alkyl halides is 3. The van der Waals surface area contributed by atoms with Gasteiger partial charge in [-0.1, -0.05) is 6.92 Å². The van der Waals surface area contributed by atoms with Gasteiger partial charge in [0.1, 0.15) is 5.54 Å². The Bertz CT molecular complexity index is 176. The average molecular weight is 181 g/mol. The van der Waals surface area contributed by atoms with Gasteiger partial charge < -0.3 is 5.32 Å². The molecule has 1 unspecified atom stereocenters. The van der Waals surface area contributed by atoms with Gasteiger partial charge in [0.25, 0.3) is 0 Å². The summed E-state index contributed by atoms with van der Waals surface area (Å²) in [6.45, 7) is 2.91. The first-order chi connectivity index (χ1) is 5.27. The molecule has 1 saturated carbocycles. The van der Waals surface area contributed by atoms with E-state index in [0.717, 1.165) is 0 Å². The summed E-state index contributed by atoms with van der Waals surface area (Å²) in [7, 11) is 1.37. The van der Waals surface area contributed by atoms with Gasteiger partial charge in [-0.05, 0) is 32.2 Å². The van der Waals surface area contributed by atoms with Gasteiger partial charge in [-0.15, -0.1) is 0 Å². The van der Waals surface area contributed by atoms with Gasteiger partial charge in [-0.2, -0.15) is 13.2 Å². The molecule has 0 spiro atoms. The summed E-state index contributed by atoms with van der Waals surface area (Å²) in [5, 5.41) is 2.40. The van der Waals surface area contributed by atoms with E-state index in [9.17, 15) is 13.2 Å². The zero-order valence-corrected chi connectivity index (χ0v) is 7.55. The minimum atomic E-state index is -4.16. The molecule has 0 aromatic rings. The maximum Gasteiger partial charge on any atom is 0.406 e. The van der Waals surface area contributed by atoms with Crippen LogP contribution in [0, 0.1) is 5.41 Å². The molecule has 1 atom stereocenters. The fourth-order valence-corrected chi connectivity index (χ4v) is 1.47. The molecule has 0 heterocycles. The van der Waals surface area contributed by atoms with Crippen LogP contribution >= 0.6 is 0 Å². The highest BCUT2D eigenvalue weighted by Gasteiger charge is 2.65. The molecule has 0 saturated heterocycles. The predicted octanol–water partition coefficient (Wildman–Crippen LogP) is 2.33. The summed E-state index contributed by atoms with van der Waals surface area (Å²) < 4.78 is 37.7. The molecular formula is C8H14F3N. The molecule has 0 bridgehead atoms. The van der Waals surface area contributed by atoms with E-state index < -0.39 is 17.1 Å². The van der Waals surface area contributed by atoms with Crippen molar-refractivity contribution in [1.82, 2.24) is 5.32 Å². The van der Waals surface area contributed by atoms with Crippen LogP contribution in [-0.2, 0) is 0 Å². The number of hydrogen-bond acceptors (Lipinski definition) is 1. The van der Waals surface area contributed by atoms with Gasteiger partial charge >= 0.3 is 6.18 Å². The quantitative estimate of drug-likeness (QED) is 0.689. The van der Waals surface area contributed by atoms with E-state index >= 15 is 0 Å². The molecule has 1 rings (SSSR count). The molecule has 1 aliphatic rings. The second kappa shape index (κ2) is 2.37. The average Bonchev–Trinajstić information content (AvgIpc) is 2.65. The lowest BCUT2D eigenvalue weighted by Crippen LogP contribution is -2.58. The van der Waals surface area contributed by atoms with E-state index in [1.165, 1.54) is 14.0 Å². The van der Waals surface area contributed by atoms with Crippen LogP contribution in [0.15, 0.2) is 0 Å². The second-order valence-corrected chi connectivity index (χ2v) is 3.93. The highest BCUT2D eigenvalue weighted by molar-refractivity contribution is 5.11. The third-order valence-corrected chi connectivity index (χ3v) is 3.27. The SMILES string of the molecule is CNC(C)(C(F)(F)F)C1(C)CC1. The fourth-order valence-electron chi connectivity index (χ4n) is 1.47. The summed E-state index contributed by atoms with van der Waals surface area (Å²) in [5.74, 6) is 0. The third-order valence-electron chi connectivity index (χ3n) is 3.27. The van der Waals surface area contributed by atoms with Gasteiger partial charge in [0.05, 0.1) is 0 Å². The van der Waals surface area contributed by atoms with Crippen LogP contribution in [0.2, 0.25) is 0 Å². The standard InChI is InChI=1S/C8H14F3N/c1-6(4-5-6)7(2,12-3)8(9,10)11/h12H,4-5H2,1-3H3. The minimum Gasteiger partial charge on any atom is -0.306 e. The lowest BCUT2D eigenvalue weighted by molar-refractivity contribution is -0.208. The normalized spacial score (nSPS) is 26.5. The molecule has 0 amide bonds. The van der Waals surface area contributed by atoms with Crippen molar-refractivity contribution >= 4 is 0 Å². The van der Waals surface area contributed by atoms with Crippen molar-refractivity contribution < 1.29 is 13.2 Å². The zero-order valence-electron chi connectivity index (χ0n) is 7.55. The molecule has 0 aromatic heterocycles. The van der Waals surface area contributed by atoms with Crippen molar-refractivity contribution in [2.45, 2.75) is 38.4 Å². The van der Waals surface area contributed by atoms with Crippen molar-refractivity contribution in [1.29, 1.82) is 0 Å². The van der Waals surface area contributed by atoms with Crippen LogP contribution in [0.4, 0.5) is 13.2 Å². The number of hydrogen-bond donors (Lipinski definition) is 1. The van der Waals surface area contributed by atoms with Crippen molar-refractivity contribution in [3.63, 3.8) is 0 Å². The molecule has 1 N–H and O–H groups in total. The second-order valence-electron chi connectivity index (χ2n) is 3.93. The molecule has 12 heavy (non-hydrogen) atoms. The molecule has 0 aromatic carbocycles. The van der Waals surface area contributed by atoms with Crippen molar-refractivity contribution in [2.24, 2.45) is 5.41 Å². The largest absolute Gasteiger partial charge is 0.406 e. The highest BCUT2D eigenvalue weighted by Crippen LogP contribution is 2.58. The molecule has 0 radical (unpaired) electrons. The van der Waals surface area contributed by atoms with E-state index in [0.29, 0.717) is 12.8 Å². The van der Waals surface area contributed by atoms with E-state index in [-0.39, 0.29) is 0 Å². The first-order valence-electron chi connectivity index (χ1n) is 4.02. The van der Waals surface area contributed by atoms with Crippen molar-refractivity contribution in [3.05, 3.63) is 0 Å². The molecule has 72 valence electrons. The molecule has 4 heteroatoms. The number of rotatable bonds is 2. The van der Waals surface area contributed by atoms with Crippen LogP contribution < -0.4 is 5.32 Å². The summed E-state index contributed by atoms with van der Waals surface area (Å²) in [6.07, 6.45) is -2.85. The van der Waals surface area contributed by atoms with Crippen molar-refractivity contribution in [2.75, 3.05) is 7.05 Å². The predicted molar refractivity (Wildman–Crippen MR) is 40.9 cm³/mol. The lowest BCUT2D eigenvalue weighted by atomic mass is 9.83. The molecule has 1 fully saturated rings. The van der Waals surface area contributed by atoms with Gasteiger partial charge in [-0.3, -0.25) is 0 Å². The maximum absolute atomic E-state index is 12.6. The third kappa shape index (κ3) is 1.13. The Morgan fingerprint density at radius 1 is 1.25 bits per heavy atom. The van der Waals surface area contributed by atoms with Crippen LogP contribution in [-0.4, -0.2) is 18.8 Å². The van der Waals surface area contributed by atoms with E-state index in [2.05, 4.69) is 5.32 Å². The monoisotopic (exact) mass is 181 g/mol. The Morgan fingerprint density at radius 3 is 1.75 bits per heavy atom. The Kier molecular flexibility index (Phi) is 1.95. The van der Waals surface area contributed by atoms with Gasteiger partial charge in [0.2, 0.25) is 0 Å². The summed E-state index contributed by atoms with van der Waals surface area (Å²) in [5.41, 5.74) is -2.32. The molecule has 1 aliphatic carbocycles. The van der Waals surface area contributed by atoms with Crippen LogP contribution in [0.3, 0.4) is 0 Å². The van der Waals surface area contributed by atoms with E-state index in [4.69, 9.17) is 0 Å². The van der Waals surface area contributed by atoms with Gasteiger partial charge in [0.15, 0.2) is 0 Å².